The van der Waals surface area contributed by atoms with E-state index in [1.807, 2.05) is 30.8 Å². The first-order chi connectivity index (χ1) is 6.59. The van der Waals surface area contributed by atoms with Gasteiger partial charge in [0.25, 0.3) is 0 Å². The molecule has 1 N–H and O–H groups in total. The number of hydrogen-bond donors (Lipinski definition) is 1. The monoisotopic (exact) mass is 189 g/mol. The maximum atomic E-state index is 10.8. The second-order valence-electron chi connectivity index (χ2n) is 3.46. The van der Waals surface area contributed by atoms with Crippen molar-refractivity contribution in [3.63, 3.8) is 0 Å². The fraction of sp³-hybridized carbons (Fsp3) is 0.182. The Morgan fingerprint density at radius 1 is 1.43 bits per heavy atom. The van der Waals surface area contributed by atoms with E-state index in [-0.39, 0.29) is 0 Å². The number of benzene rings is 1. The maximum Gasteiger partial charge on any atom is 0.335 e. The molecular weight excluding hydrogens is 178 g/mol. The molecule has 0 saturated carbocycles. The summed E-state index contributed by atoms with van der Waals surface area (Å²) in [4.78, 5) is 10.8. The lowest BCUT2D eigenvalue weighted by atomic mass is 10.1. The molecule has 3 heteroatoms. The molecule has 0 aliphatic heterocycles. The Balaban J connectivity index is 2.80. The first-order valence-corrected chi connectivity index (χ1v) is 4.38. The van der Waals surface area contributed by atoms with Crippen LogP contribution in [0.2, 0.25) is 0 Å². The fourth-order valence-corrected chi connectivity index (χ4v) is 1.81. The molecule has 0 atom stereocenters. The second-order valence-corrected chi connectivity index (χ2v) is 3.46. The molecule has 2 aromatic rings. The van der Waals surface area contributed by atoms with Gasteiger partial charge in [-0.15, -0.1) is 0 Å². The Morgan fingerprint density at radius 2 is 2.14 bits per heavy atom. The normalized spacial score (nSPS) is 10.7. The van der Waals surface area contributed by atoms with Gasteiger partial charge in [-0.3, -0.25) is 0 Å². The van der Waals surface area contributed by atoms with Gasteiger partial charge in [0.1, 0.15) is 0 Å². The number of fused-ring (bicyclic) bond motifs is 1. The minimum absolute atomic E-state index is 0.348. The average molecular weight is 189 g/mol. The standard InChI is InChI=1S/C11H11NO2/c1-7-5-9(11(13)14)6-8-3-4-12(2)10(7)8/h3-6H,1-2H3,(H,13,14). The van der Waals surface area contributed by atoms with Gasteiger partial charge >= 0.3 is 5.97 Å². The van der Waals surface area contributed by atoms with Crippen molar-refractivity contribution in [1.29, 1.82) is 0 Å². The van der Waals surface area contributed by atoms with E-state index >= 15 is 0 Å². The summed E-state index contributed by atoms with van der Waals surface area (Å²) in [7, 11) is 1.95. The lowest BCUT2D eigenvalue weighted by molar-refractivity contribution is 0.0697. The Kier molecular flexibility index (Phi) is 1.81. The molecule has 72 valence electrons. The van der Waals surface area contributed by atoms with Crippen molar-refractivity contribution >= 4 is 16.9 Å². The minimum Gasteiger partial charge on any atom is -0.478 e. The van der Waals surface area contributed by atoms with E-state index in [9.17, 15) is 4.79 Å². The van der Waals surface area contributed by atoms with Crippen molar-refractivity contribution in [2.24, 2.45) is 7.05 Å². The zero-order valence-electron chi connectivity index (χ0n) is 8.11. The molecule has 1 aromatic heterocycles. The van der Waals surface area contributed by atoms with Crippen molar-refractivity contribution < 1.29 is 9.90 Å². The highest BCUT2D eigenvalue weighted by Crippen LogP contribution is 2.21. The van der Waals surface area contributed by atoms with E-state index in [0.717, 1.165) is 16.5 Å². The SMILES string of the molecule is Cc1cc(C(=O)O)cc2ccn(C)c12. The van der Waals surface area contributed by atoms with Gasteiger partial charge in [0, 0.05) is 18.6 Å². The molecular formula is C11H11NO2. The van der Waals surface area contributed by atoms with E-state index in [2.05, 4.69) is 0 Å². The highest BCUT2D eigenvalue weighted by atomic mass is 16.4. The van der Waals surface area contributed by atoms with Crippen LogP contribution in [0.1, 0.15) is 15.9 Å². The molecule has 0 fully saturated rings. The lowest BCUT2D eigenvalue weighted by Crippen LogP contribution is -1.97. The Hall–Kier alpha value is -1.77. The van der Waals surface area contributed by atoms with E-state index in [4.69, 9.17) is 5.11 Å². The highest BCUT2D eigenvalue weighted by Gasteiger charge is 2.08. The molecule has 0 amide bonds. The van der Waals surface area contributed by atoms with Gasteiger partial charge in [-0.1, -0.05) is 0 Å². The van der Waals surface area contributed by atoms with E-state index in [1.54, 1.807) is 12.1 Å². The van der Waals surface area contributed by atoms with Crippen molar-refractivity contribution in [3.05, 3.63) is 35.5 Å². The van der Waals surface area contributed by atoms with Crippen LogP contribution in [-0.2, 0) is 7.05 Å². The molecule has 0 aliphatic carbocycles. The topological polar surface area (TPSA) is 42.2 Å². The molecule has 1 heterocycles. The summed E-state index contributed by atoms with van der Waals surface area (Å²) in [5, 5.41) is 9.85. The quantitative estimate of drug-likeness (QED) is 0.747. The third-order valence-electron chi connectivity index (χ3n) is 2.41. The number of aryl methyl sites for hydroxylation is 2. The van der Waals surface area contributed by atoms with Crippen LogP contribution in [0.4, 0.5) is 0 Å². The summed E-state index contributed by atoms with van der Waals surface area (Å²) in [5.41, 5.74) is 2.43. The number of carboxylic acid groups (broad SMARTS) is 1. The second kappa shape index (κ2) is 2.87. The number of aromatic nitrogens is 1. The van der Waals surface area contributed by atoms with Gasteiger partial charge in [-0.05, 0) is 30.7 Å². The third kappa shape index (κ3) is 1.18. The van der Waals surface area contributed by atoms with Crippen molar-refractivity contribution in [3.8, 4) is 0 Å². The van der Waals surface area contributed by atoms with E-state index in [0.29, 0.717) is 5.56 Å². The van der Waals surface area contributed by atoms with Gasteiger partial charge in [0.05, 0.1) is 11.1 Å². The predicted octanol–water partition coefficient (Wildman–Crippen LogP) is 2.18. The van der Waals surface area contributed by atoms with Crippen LogP contribution in [0, 0.1) is 6.92 Å². The van der Waals surface area contributed by atoms with Gasteiger partial charge < -0.3 is 9.67 Å². The highest BCUT2D eigenvalue weighted by molar-refractivity contribution is 5.95. The number of carboxylic acids is 1. The van der Waals surface area contributed by atoms with Crippen LogP contribution in [0.25, 0.3) is 10.9 Å². The lowest BCUT2D eigenvalue weighted by Gasteiger charge is -2.02. The van der Waals surface area contributed by atoms with Crippen LogP contribution in [0.3, 0.4) is 0 Å². The molecule has 14 heavy (non-hydrogen) atoms. The van der Waals surface area contributed by atoms with Gasteiger partial charge in [0.2, 0.25) is 0 Å². The third-order valence-corrected chi connectivity index (χ3v) is 2.41. The maximum absolute atomic E-state index is 10.8. The molecule has 0 radical (unpaired) electrons. The van der Waals surface area contributed by atoms with Crippen LogP contribution >= 0.6 is 0 Å². The fourth-order valence-electron chi connectivity index (χ4n) is 1.81. The van der Waals surface area contributed by atoms with Crippen LogP contribution in [0.5, 0.6) is 0 Å². The molecule has 0 unspecified atom stereocenters. The van der Waals surface area contributed by atoms with Crippen LogP contribution < -0.4 is 0 Å². The molecule has 0 saturated heterocycles. The minimum atomic E-state index is -0.876. The molecule has 0 spiro atoms. The number of nitrogens with zero attached hydrogens (tertiary/aromatic N) is 1. The summed E-state index contributed by atoms with van der Waals surface area (Å²) >= 11 is 0. The van der Waals surface area contributed by atoms with Gasteiger partial charge in [0.15, 0.2) is 0 Å². The van der Waals surface area contributed by atoms with Crippen LogP contribution in [0.15, 0.2) is 24.4 Å². The number of aromatic carboxylic acids is 1. The van der Waals surface area contributed by atoms with Crippen molar-refractivity contribution in [2.75, 3.05) is 0 Å². The van der Waals surface area contributed by atoms with Crippen molar-refractivity contribution in [2.45, 2.75) is 6.92 Å². The summed E-state index contributed by atoms with van der Waals surface area (Å²) in [6, 6.07) is 5.32. The van der Waals surface area contributed by atoms with Gasteiger partial charge in [-0.25, -0.2) is 4.79 Å². The van der Waals surface area contributed by atoms with Crippen molar-refractivity contribution in [1.82, 2.24) is 4.57 Å². The van der Waals surface area contributed by atoms with Gasteiger partial charge in [-0.2, -0.15) is 0 Å². The largest absolute Gasteiger partial charge is 0.478 e. The zero-order chi connectivity index (χ0) is 10.3. The zero-order valence-corrected chi connectivity index (χ0v) is 8.11. The van der Waals surface area contributed by atoms with Crippen LogP contribution in [-0.4, -0.2) is 15.6 Å². The molecule has 0 bridgehead atoms. The summed E-state index contributed by atoms with van der Waals surface area (Å²) in [6.45, 7) is 1.93. The Morgan fingerprint density at radius 3 is 2.79 bits per heavy atom. The first kappa shape index (κ1) is 8.81. The molecule has 1 aromatic carbocycles. The summed E-state index contributed by atoms with van der Waals surface area (Å²) in [6.07, 6.45) is 1.93. The Labute approximate surface area is 81.6 Å². The summed E-state index contributed by atoms with van der Waals surface area (Å²) in [5.74, 6) is -0.876. The van der Waals surface area contributed by atoms with E-state index in [1.165, 1.54) is 0 Å². The molecule has 0 aliphatic rings. The first-order valence-electron chi connectivity index (χ1n) is 4.38. The smallest absolute Gasteiger partial charge is 0.335 e. The number of hydrogen-bond acceptors (Lipinski definition) is 1. The van der Waals surface area contributed by atoms with E-state index < -0.39 is 5.97 Å². The number of rotatable bonds is 1. The summed E-state index contributed by atoms with van der Waals surface area (Å²) < 4.78 is 2.00. The average Bonchev–Trinajstić information content (AvgIpc) is 2.48. The molecule has 3 nitrogen and oxygen atoms in total. The Bertz CT molecular complexity index is 511. The number of carbonyl (C=O) groups is 1. The molecule has 2 rings (SSSR count). The predicted molar refractivity (Wildman–Crippen MR) is 54.6 cm³/mol.